The Balaban J connectivity index is 1.28. The summed E-state index contributed by atoms with van der Waals surface area (Å²) in [6, 6.07) is 2.38. The van der Waals surface area contributed by atoms with Crippen LogP contribution in [0.15, 0.2) is 18.3 Å². The summed E-state index contributed by atoms with van der Waals surface area (Å²) in [5, 5.41) is 11.2. The number of aliphatic hydroxyl groups is 1. The molecule has 1 saturated heterocycles. The number of benzene rings is 1. The predicted octanol–water partition coefficient (Wildman–Crippen LogP) is 4.99. The molecule has 6 unspecified atom stereocenters. The van der Waals surface area contributed by atoms with Gasteiger partial charge in [-0.05, 0) is 61.1 Å². The predicted molar refractivity (Wildman–Crippen MR) is 111 cm³/mol. The molecule has 5 fully saturated rings. The van der Waals surface area contributed by atoms with E-state index < -0.39 is 29.4 Å². The minimum absolute atomic E-state index is 0.00214. The molecule has 2 N–H and O–H groups in total. The number of halogens is 4. The van der Waals surface area contributed by atoms with Crippen LogP contribution in [-0.4, -0.2) is 44.9 Å². The number of ether oxygens (including phenoxy) is 1. The third kappa shape index (κ3) is 2.65. The second-order valence-electron chi connectivity index (χ2n) is 10.9. The third-order valence-corrected chi connectivity index (χ3v) is 9.38. The number of H-pyrrole nitrogens is 1. The Hall–Kier alpha value is -2.29. The van der Waals surface area contributed by atoms with Crippen molar-refractivity contribution in [2.45, 2.75) is 82.3 Å². The highest BCUT2D eigenvalue weighted by atomic mass is 19.4. The van der Waals surface area contributed by atoms with Crippen LogP contribution in [0.3, 0.4) is 0 Å². The fourth-order valence-electron chi connectivity index (χ4n) is 8.00. The molecule has 9 heteroatoms. The van der Waals surface area contributed by atoms with Crippen LogP contribution >= 0.6 is 0 Å². The minimum atomic E-state index is -5.04. The molecule has 1 amide bonds. The molecule has 1 aromatic heterocycles. The molecule has 1 spiro atoms. The van der Waals surface area contributed by atoms with Gasteiger partial charge >= 0.3 is 6.36 Å². The number of amides is 1. The average molecular weight is 466 g/mol. The number of alkyl halides is 3. The van der Waals surface area contributed by atoms with Gasteiger partial charge in [-0.1, -0.05) is 13.8 Å². The highest BCUT2D eigenvalue weighted by Crippen LogP contribution is 2.80. The molecule has 1 aliphatic heterocycles. The van der Waals surface area contributed by atoms with Gasteiger partial charge in [-0.15, -0.1) is 13.2 Å². The van der Waals surface area contributed by atoms with Crippen molar-refractivity contribution in [3.63, 3.8) is 0 Å². The fourth-order valence-corrected chi connectivity index (χ4v) is 8.00. The van der Waals surface area contributed by atoms with Crippen molar-refractivity contribution >= 4 is 16.8 Å². The molecule has 5 aliphatic rings. The van der Waals surface area contributed by atoms with Gasteiger partial charge in [0, 0.05) is 41.0 Å². The number of aromatic amines is 1. The van der Waals surface area contributed by atoms with E-state index in [0.29, 0.717) is 17.5 Å². The van der Waals surface area contributed by atoms with Crippen LogP contribution in [-0.2, 0) is 4.79 Å². The minimum Gasteiger partial charge on any atom is -0.402 e. The number of carbonyl (C=O) groups excluding carboxylic acids is 1. The Kier molecular flexibility index (Phi) is 4.01. The second-order valence-corrected chi connectivity index (χ2v) is 10.9. The van der Waals surface area contributed by atoms with E-state index in [0.717, 1.165) is 31.7 Å². The number of rotatable bonds is 4. The topological polar surface area (TPSA) is 65.6 Å². The highest BCUT2D eigenvalue weighted by molar-refractivity contribution is 5.91. The van der Waals surface area contributed by atoms with E-state index in [1.165, 1.54) is 12.3 Å². The number of fused-ring (bicyclic) bond motifs is 2. The fraction of sp³-hybridized carbons (Fsp3) is 0.625. The molecular formula is C24H26F4N2O3. The van der Waals surface area contributed by atoms with Gasteiger partial charge in [0.1, 0.15) is 0 Å². The average Bonchev–Trinajstić information content (AvgIpc) is 3.18. The maximum Gasteiger partial charge on any atom is 0.573 e. The van der Waals surface area contributed by atoms with Crippen LogP contribution in [0.1, 0.15) is 63.9 Å². The van der Waals surface area contributed by atoms with Crippen molar-refractivity contribution in [1.29, 1.82) is 0 Å². The maximum absolute atomic E-state index is 14.3. The summed E-state index contributed by atoms with van der Waals surface area (Å²) < 4.78 is 57.1. The maximum atomic E-state index is 14.3. The monoisotopic (exact) mass is 466 g/mol. The van der Waals surface area contributed by atoms with E-state index in [1.54, 1.807) is 6.92 Å². The van der Waals surface area contributed by atoms with Gasteiger partial charge in [0.25, 0.3) is 0 Å². The Morgan fingerprint density at radius 2 is 1.97 bits per heavy atom. The van der Waals surface area contributed by atoms with Gasteiger partial charge in [-0.25, -0.2) is 4.39 Å². The van der Waals surface area contributed by atoms with Crippen molar-refractivity contribution < 1.29 is 32.2 Å². The summed E-state index contributed by atoms with van der Waals surface area (Å²) in [6.45, 7) is 3.92. The lowest BCUT2D eigenvalue weighted by Gasteiger charge is -2.71. The van der Waals surface area contributed by atoms with Crippen molar-refractivity contribution in [2.24, 2.45) is 10.8 Å². The van der Waals surface area contributed by atoms with E-state index in [2.05, 4.69) is 16.6 Å². The van der Waals surface area contributed by atoms with E-state index in [4.69, 9.17) is 0 Å². The van der Waals surface area contributed by atoms with Gasteiger partial charge in [0.2, 0.25) is 5.91 Å². The van der Waals surface area contributed by atoms with Crippen LogP contribution in [0.4, 0.5) is 17.6 Å². The number of likely N-dealkylation sites (tertiary alicyclic amines) is 1. The number of carbonyl (C=O) groups is 1. The molecule has 7 rings (SSSR count). The van der Waals surface area contributed by atoms with Crippen molar-refractivity contribution in [3.05, 3.63) is 29.7 Å². The SMILES string of the molecule is CC(CC(=O)N1C2CC3(O)CC4(C2)CC1CC34C)c1c[nH]c2ccc(F)c(OC(F)(F)F)c12. The van der Waals surface area contributed by atoms with Gasteiger partial charge in [0.05, 0.1) is 5.60 Å². The van der Waals surface area contributed by atoms with Crippen molar-refractivity contribution in [1.82, 2.24) is 9.88 Å². The third-order valence-electron chi connectivity index (χ3n) is 9.38. The van der Waals surface area contributed by atoms with E-state index in [9.17, 15) is 27.5 Å². The number of hydrogen-bond donors (Lipinski definition) is 2. The van der Waals surface area contributed by atoms with Gasteiger partial charge in [-0.2, -0.15) is 0 Å². The first kappa shape index (κ1) is 21.3. The Labute approximate surface area is 188 Å². The van der Waals surface area contributed by atoms with Crippen molar-refractivity contribution in [2.75, 3.05) is 0 Å². The van der Waals surface area contributed by atoms with Crippen LogP contribution in [0, 0.1) is 16.6 Å². The van der Waals surface area contributed by atoms with Crippen LogP contribution < -0.4 is 4.74 Å². The molecule has 4 aliphatic carbocycles. The lowest BCUT2D eigenvalue weighted by molar-refractivity contribution is -0.286. The van der Waals surface area contributed by atoms with E-state index in [1.807, 2.05) is 4.90 Å². The number of nitrogens with zero attached hydrogens (tertiary/aromatic N) is 1. The van der Waals surface area contributed by atoms with Crippen LogP contribution in [0.2, 0.25) is 0 Å². The Bertz CT molecular complexity index is 1170. The zero-order valence-electron chi connectivity index (χ0n) is 18.4. The van der Waals surface area contributed by atoms with Gasteiger partial charge in [-0.3, -0.25) is 4.79 Å². The Morgan fingerprint density at radius 1 is 1.27 bits per heavy atom. The summed E-state index contributed by atoms with van der Waals surface area (Å²) in [6.07, 6.45) is 0.594. The first-order valence-electron chi connectivity index (χ1n) is 11.5. The standard InChI is InChI=1S/C24H26F4N2O3/c1-12(15-10-29-17-4-3-16(25)20(19(15)17)33-24(26,27)28)5-18(31)30-13-6-21(2)22(7-13)8-14(30)9-23(21,32)11-22/h3-4,10,12-14,29,32H,5-9,11H2,1-2H3. The summed E-state index contributed by atoms with van der Waals surface area (Å²) >= 11 is 0. The summed E-state index contributed by atoms with van der Waals surface area (Å²) in [4.78, 5) is 18.3. The molecule has 6 atom stereocenters. The molecule has 4 bridgehead atoms. The number of piperidine rings is 1. The first-order valence-corrected chi connectivity index (χ1v) is 11.5. The lowest BCUT2D eigenvalue weighted by Crippen LogP contribution is -2.73. The van der Waals surface area contributed by atoms with E-state index >= 15 is 0 Å². The lowest BCUT2D eigenvalue weighted by atomic mass is 9.37. The van der Waals surface area contributed by atoms with E-state index in [-0.39, 0.29) is 40.6 Å². The van der Waals surface area contributed by atoms with Crippen LogP contribution in [0.25, 0.3) is 10.9 Å². The van der Waals surface area contributed by atoms with Gasteiger partial charge < -0.3 is 19.7 Å². The number of hydrogen-bond acceptors (Lipinski definition) is 3. The second kappa shape index (κ2) is 6.23. The molecule has 33 heavy (non-hydrogen) atoms. The quantitative estimate of drug-likeness (QED) is 0.624. The molecule has 5 nitrogen and oxygen atoms in total. The molecule has 178 valence electrons. The highest BCUT2D eigenvalue weighted by Gasteiger charge is 2.80. The summed E-state index contributed by atoms with van der Waals surface area (Å²) in [5.74, 6) is -2.50. The van der Waals surface area contributed by atoms with Crippen LogP contribution in [0.5, 0.6) is 5.75 Å². The largest absolute Gasteiger partial charge is 0.573 e. The molecule has 2 heterocycles. The number of aromatic nitrogens is 1. The molecule has 2 aromatic rings. The smallest absolute Gasteiger partial charge is 0.402 e. The molecule has 0 radical (unpaired) electrons. The molecule has 4 saturated carbocycles. The zero-order chi connectivity index (χ0) is 23.6. The van der Waals surface area contributed by atoms with Crippen molar-refractivity contribution in [3.8, 4) is 5.75 Å². The number of nitrogens with one attached hydrogen (secondary N) is 1. The summed E-state index contributed by atoms with van der Waals surface area (Å²) in [5.41, 5.74) is 0.0173. The zero-order valence-corrected chi connectivity index (χ0v) is 18.4. The first-order chi connectivity index (χ1) is 15.4. The Morgan fingerprint density at radius 3 is 2.67 bits per heavy atom. The normalized spacial score (nSPS) is 37.4. The van der Waals surface area contributed by atoms with Gasteiger partial charge in [0.15, 0.2) is 11.6 Å². The molecular weight excluding hydrogens is 440 g/mol. The molecule has 1 aromatic carbocycles. The summed E-state index contributed by atoms with van der Waals surface area (Å²) in [7, 11) is 0.